The lowest BCUT2D eigenvalue weighted by molar-refractivity contribution is -0.111. The minimum absolute atomic E-state index is 0.127. The van der Waals surface area contributed by atoms with Crippen LogP contribution < -0.4 is 5.32 Å². The lowest BCUT2D eigenvalue weighted by atomic mass is 10.3. The van der Waals surface area contributed by atoms with Crippen molar-refractivity contribution in [2.75, 3.05) is 11.6 Å². The van der Waals surface area contributed by atoms with Crippen LogP contribution in [-0.2, 0) is 4.79 Å². The van der Waals surface area contributed by atoms with Crippen molar-refractivity contribution < 1.29 is 4.79 Å². The Morgan fingerprint density at radius 1 is 1.38 bits per heavy atom. The van der Waals surface area contributed by atoms with Crippen molar-refractivity contribution in [2.45, 2.75) is 4.34 Å². The maximum absolute atomic E-state index is 11.9. The van der Waals surface area contributed by atoms with E-state index < -0.39 is 0 Å². The number of hydrogen-bond acceptors (Lipinski definition) is 5. The van der Waals surface area contributed by atoms with Gasteiger partial charge in [-0.25, -0.2) is 4.98 Å². The van der Waals surface area contributed by atoms with Crippen LogP contribution in [0.2, 0.25) is 0 Å². The van der Waals surface area contributed by atoms with Gasteiger partial charge in [0, 0.05) is 16.6 Å². The fourth-order valence-corrected chi connectivity index (χ4v) is 3.94. The molecule has 2 heterocycles. The van der Waals surface area contributed by atoms with Crippen molar-refractivity contribution >= 4 is 62.3 Å². The van der Waals surface area contributed by atoms with E-state index in [4.69, 9.17) is 0 Å². The fraction of sp³-hybridized carbons (Fsp3) is 0.0667. The first-order chi connectivity index (χ1) is 10.2. The zero-order valence-electron chi connectivity index (χ0n) is 11.2. The summed E-state index contributed by atoms with van der Waals surface area (Å²) in [5.41, 5.74) is 1.76. The summed E-state index contributed by atoms with van der Waals surface area (Å²) in [7, 11) is 0. The normalized spacial score (nSPS) is 11.3. The van der Waals surface area contributed by atoms with Gasteiger partial charge in [-0.2, -0.15) is 0 Å². The minimum atomic E-state index is -0.127. The van der Waals surface area contributed by atoms with Crippen molar-refractivity contribution in [2.24, 2.45) is 0 Å². The third-order valence-electron chi connectivity index (χ3n) is 2.75. The topological polar surface area (TPSA) is 42.0 Å². The molecule has 1 amide bonds. The molecule has 0 spiro atoms. The first kappa shape index (κ1) is 14.3. The molecule has 0 aliphatic carbocycles. The lowest BCUT2D eigenvalue weighted by Crippen LogP contribution is -2.07. The van der Waals surface area contributed by atoms with E-state index >= 15 is 0 Å². The summed E-state index contributed by atoms with van der Waals surface area (Å²) < 4.78 is 2.12. The average molecular weight is 332 g/mol. The summed E-state index contributed by atoms with van der Waals surface area (Å²) in [4.78, 5) is 17.4. The van der Waals surface area contributed by atoms with Gasteiger partial charge in [0.15, 0.2) is 4.34 Å². The number of hydrogen-bond donors (Lipinski definition) is 1. The minimum Gasteiger partial charge on any atom is -0.322 e. The molecule has 0 saturated carbocycles. The summed E-state index contributed by atoms with van der Waals surface area (Å²) in [5.74, 6) is -0.127. The Morgan fingerprint density at radius 2 is 2.29 bits per heavy atom. The summed E-state index contributed by atoms with van der Waals surface area (Å²) in [6.45, 7) is 0. The second kappa shape index (κ2) is 6.43. The van der Waals surface area contributed by atoms with Crippen LogP contribution in [0.5, 0.6) is 0 Å². The van der Waals surface area contributed by atoms with Crippen molar-refractivity contribution in [3.8, 4) is 0 Å². The Balaban J connectivity index is 1.73. The molecular formula is C15H12N2OS3. The molecular weight excluding hydrogens is 320 g/mol. The van der Waals surface area contributed by atoms with E-state index in [1.54, 1.807) is 40.5 Å². The third kappa shape index (κ3) is 3.53. The number of aromatic nitrogens is 1. The van der Waals surface area contributed by atoms with Crippen molar-refractivity contribution in [1.82, 2.24) is 4.98 Å². The molecule has 0 atom stereocenters. The van der Waals surface area contributed by atoms with Crippen molar-refractivity contribution in [1.29, 1.82) is 0 Å². The Hall–Kier alpha value is -1.63. The highest BCUT2D eigenvalue weighted by Gasteiger charge is 2.05. The zero-order valence-corrected chi connectivity index (χ0v) is 13.6. The van der Waals surface area contributed by atoms with Gasteiger partial charge in [-0.15, -0.1) is 22.7 Å². The molecule has 3 nitrogen and oxygen atoms in total. The first-order valence-electron chi connectivity index (χ1n) is 6.22. The average Bonchev–Trinajstić information content (AvgIpc) is 3.13. The Kier molecular flexibility index (Phi) is 4.38. The van der Waals surface area contributed by atoms with E-state index in [1.807, 2.05) is 48.0 Å². The van der Waals surface area contributed by atoms with Gasteiger partial charge in [0.1, 0.15) is 0 Å². The zero-order chi connectivity index (χ0) is 14.7. The molecule has 21 heavy (non-hydrogen) atoms. The molecule has 3 aromatic rings. The SMILES string of the molecule is CSc1nc2ccc(NC(=O)C=Cc3cccs3)cc2s1. The van der Waals surface area contributed by atoms with Gasteiger partial charge in [-0.1, -0.05) is 17.8 Å². The Labute approximate surface area is 134 Å². The molecule has 0 aliphatic rings. The number of carbonyl (C=O) groups excluding carboxylic acids is 1. The number of nitrogens with one attached hydrogen (secondary N) is 1. The monoisotopic (exact) mass is 332 g/mol. The molecule has 0 unspecified atom stereocenters. The smallest absolute Gasteiger partial charge is 0.248 e. The number of rotatable bonds is 4. The molecule has 106 valence electrons. The second-order valence-corrected chi connectivity index (χ2v) is 7.27. The quantitative estimate of drug-likeness (QED) is 0.554. The highest BCUT2D eigenvalue weighted by Crippen LogP contribution is 2.29. The van der Waals surface area contributed by atoms with Crippen LogP contribution >= 0.6 is 34.4 Å². The Morgan fingerprint density at radius 3 is 3.05 bits per heavy atom. The van der Waals surface area contributed by atoms with Crippen LogP contribution in [0.4, 0.5) is 5.69 Å². The number of thioether (sulfide) groups is 1. The van der Waals surface area contributed by atoms with E-state index in [0.717, 1.165) is 25.1 Å². The number of benzene rings is 1. The molecule has 2 aromatic heterocycles. The fourth-order valence-electron chi connectivity index (χ4n) is 1.80. The molecule has 0 saturated heterocycles. The maximum Gasteiger partial charge on any atom is 0.248 e. The van der Waals surface area contributed by atoms with E-state index in [9.17, 15) is 4.79 Å². The van der Waals surface area contributed by atoms with Crippen LogP contribution in [0.25, 0.3) is 16.3 Å². The highest BCUT2D eigenvalue weighted by molar-refractivity contribution is 8.00. The van der Waals surface area contributed by atoms with Gasteiger partial charge in [0.05, 0.1) is 10.2 Å². The number of anilines is 1. The van der Waals surface area contributed by atoms with Crippen LogP contribution in [0.3, 0.4) is 0 Å². The van der Waals surface area contributed by atoms with Gasteiger partial charge < -0.3 is 5.32 Å². The molecule has 1 aromatic carbocycles. The molecule has 0 aliphatic heterocycles. The number of amides is 1. The number of nitrogens with zero attached hydrogens (tertiary/aromatic N) is 1. The van der Waals surface area contributed by atoms with Crippen LogP contribution in [-0.4, -0.2) is 17.1 Å². The molecule has 1 N–H and O–H groups in total. The van der Waals surface area contributed by atoms with Crippen LogP contribution in [0, 0.1) is 0 Å². The molecule has 0 bridgehead atoms. The number of thiophene rings is 1. The van der Waals surface area contributed by atoms with Crippen molar-refractivity contribution in [3.63, 3.8) is 0 Å². The lowest BCUT2D eigenvalue weighted by Gasteiger charge is -2.01. The number of thiazole rings is 1. The standard InChI is InChI=1S/C15H12N2OS3/c1-19-15-17-12-6-4-10(9-13(12)21-15)16-14(18)7-5-11-3-2-8-20-11/h2-9H,1H3,(H,16,18). The van der Waals surface area contributed by atoms with Gasteiger partial charge in [-0.3, -0.25) is 4.79 Å². The van der Waals surface area contributed by atoms with Crippen molar-refractivity contribution in [3.05, 3.63) is 46.7 Å². The molecule has 0 fully saturated rings. The predicted octanol–water partition coefficient (Wildman–Crippen LogP) is 4.73. The summed E-state index contributed by atoms with van der Waals surface area (Å²) in [6.07, 6.45) is 5.38. The largest absolute Gasteiger partial charge is 0.322 e. The van der Waals surface area contributed by atoms with E-state index in [2.05, 4.69) is 10.3 Å². The second-order valence-electron chi connectivity index (χ2n) is 4.20. The van der Waals surface area contributed by atoms with Gasteiger partial charge in [0.2, 0.25) is 5.91 Å². The van der Waals surface area contributed by atoms with E-state index in [-0.39, 0.29) is 5.91 Å². The molecule has 6 heteroatoms. The third-order valence-corrected chi connectivity index (χ3v) is 5.59. The summed E-state index contributed by atoms with van der Waals surface area (Å²) >= 11 is 4.87. The van der Waals surface area contributed by atoms with Crippen LogP contribution in [0.1, 0.15) is 4.88 Å². The highest BCUT2D eigenvalue weighted by atomic mass is 32.2. The Bertz CT molecular complexity index is 790. The molecule has 0 radical (unpaired) electrons. The van der Waals surface area contributed by atoms with Gasteiger partial charge in [-0.05, 0) is 42.0 Å². The van der Waals surface area contributed by atoms with E-state index in [1.165, 1.54) is 0 Å². The first-order valence-corrected chi connectivity index (χ1v) is 9.14. The summed E-state index contributed by atoms with van der Waals surface area (Å²) in [5, 5.41) is 4.86. The number of fused-ring (bicyclic) bond motifs is 1. The maximum atomic E-state index is 11.9. The predicted molar refractivity (Wildman–Crippen MR) is 93.4 cm³/mol. The van der Waals surface area contributed by atoms with Gasteiger partial charge >= 0.3 is 0 Å². The number of carbonyl (C=O) groups is 1. The van der Waals surface area contributed by atoms with Crippen LogP contribution in [0.15, 0.2) is 46.1 Å². The molecule has 3 rings (SSSR count). The van der Waals surface area contributed by atoms with E-state index in [0.29, 0.717) is 0 Å². The summed E-state index contributed by atoms with van der Waals surface area (Å²) in [6, 6.07) is 9.71. The van der Waals surface area contributed by atoms with Gasteiger partial charge in [0.25, 0.3) is 0 Å².